The third-order valence-corrected chi connectivity index (χ3v) is 15.0. The first-order chi connectivity index (χ1) is 29.9. The average molecular weight is 891 g/mol. The Kier molecular flexibility index (Phi) is 15.5. The van der Waals surface area contributed by atoms with E-state index in [1.54, 1.807) is 40.2 Å². The first kappa shape index (κ1) is 48.8. The Balaban J connectivity index is 1.19. The molecule has 5 fully saturated rings. The number of hydrogen-bond donors (Lipinski definition) is 4. The van der Waals surface area contributed by atoms with Gasteiger partial charge in [0.15, 0.2) is 18.4 Å². The third-order valence-electron chi connectivity index (χ3n) is 15.0. The molecule has 63 heavy (non-hydrogen) atoms. The van der Waals surface area contributed by atoms with Crippen molar-refractivity contribution in [2.24, 2.45) is 23.7 Å². The Morgan fingerprint density at radius 2 is 1.59 bits per heavy atom. The molecule has 7 aliphatic rings. The van der Waals surface area contributed by atoms with E-state index in [9.17, 15) is 25.2 Å². The van der Waals surface area contributed by atoms with E-state index in [0.717, 1.165) is 12.0 Å². The molecule has 7 rings (SSSR count). The lowest BCUT2D eigenvalue weighted by Crippen LogP contribution is -2.60. The number of ether oxygens (including phenoxy) is 10. The van der Waals surface area contributed by atoms with Gasteiger partial charge in [-0.05, 0) is 56.8 Å². The third kappa shape index (κ3) is 9.98. The fourth-order valence-corrected chi connectivity index (χ4v) is 11.0. The Hall–Kier alpha value is -2.09. The van der Waals surface area contributed by atoms with Crippen molar-refractivity contribution in [2.45, 2.75) is 204 Å². The molecule has 6 aliphatic heterocycles. The van der Waals surface area contributed by atoms with Crippen LogP contribution in [0, 0.1) is 23.7 Å². The molecule has 2 bridgehead atoms. The molecule has 6 heterocycles. The number of methoxy groups -OCH3 is 2. The molecule has 15 unspecified atom stereocenters. The minimum atomic E-state index is -1.87. The van der Waals surface area contributed by atoms with Crippen molar-refractivity contribution in [3.63, 3.8) is 0 Å². The molecule has 0 radical (unpaired) electrons. The largest absolute Gasteiger partial charge is 0.462 e. The number of allylic oxidation sites excluding steroid dienone is 2. The summed E-state index contributed by atoms with van der Waals surface area (Å²) in [6, 6.07) is 0. The fourth-order valence-electron chi connectivity index (χ4n) is 11.0. The summed E-state index contributed by atoms with van der Waals surface area (Å²) in [6.07, 6.45) is 3.00. The Morgan fingerprint density at radius 3 is 2.30 bits per heavy atom. The van der Waals surface area contributed by atoms with Gasteiger partial charge in [-0.2, -0.15) is 0 Å². The Morgan fingerprint density at radius 1 is 0.889 bits per heavy atom. The van der Waals surface area contributed by atoms with Crippen LogP contribution in [0.1, 0.15) is 100 Å². The SMILES string of the molecule is CCC(C)C1OC2(CC3CC(CC=C(C)[C@@H](OC4CC(OC)[C@@H](OC5CC(OC)[C@@H](O)C(C)O5)C(C)O4)[C@@H](C)C=CC=C4COC5C(O)C(C)=CC(C(=O)O3)[C@]45O)O2)CC(O)[C@@H]1C. The highest BCUT2D eigenvalue weighted by Gasteiger charge is 2.60. The van der Waals surface area contributed by atoms with Crippen molar-refractivity contribution in [3.05, 3.63) is 47.1 Å². The number of fused-ring (bicyclic) bond motifs is 2. The van der Waals surface area contributed by atoms with E-state index in [-0.39, 0.29) is 43.3 Å². The number of esters is 1. The topological polar surface area (TPSA) is 190 Å². The summed E-state index contributed by atoms with van der Waals surface area (Å²) in [6.45, 7) is 15.7. The van der Waals surface area contributed by atoms with Gasteiger partial charge in [-0.1, -0.05) is 64.5 Å². The van der Waals surface area contributed by atoms with E-state index < -0.39 is 109 Å². The summed E-state index contributed by atoms with van der Waals surface area (Å²) < 4.78 is 63.6. The van der Waals surface area contributed by atoms with Crippen LogP contribution < -0.4 is 0 Å². The van der Waals surface area contributed by atoms with E-state index in [1.165, 1.54) is 0 Å². The summed E-state index contributed by atoms with van der Waals surface area (Å²) in [5, 5.41) is 45.7. The molecule has 21 atom stereocenters. The van der Waals surface area contributed by atoms with E-state index in [1.807, 2.05) is 39.8 Å². The zero-order chi connectivity index (χ0) is 45.5. The Bertz CT molecular complexity index is 1710. The zero-order valence-electron chi connectivity index (χ0n) is 38.8. The number of carbonyl (C=O) groups is 1. The monoisotopic (exact) mass is 891 g/mol. The van der Waals surface area contributed by atoms with Crippen molar-refractivity contribution in [1.29, 1.82) is 0 Å². The summed E-state index contributed by atoms with van der Waals surface area (Å²) in [4.78, 5) is 14.4. The number of hydrogen-bond acceptors (Lipinski definition) is 15. The molecular weight excluding hydrogens is 817 g/mol. The van der Waals surface area contributed by atoms with Crippen LogP contribution in [0.4, 0.5) is 0 Å². The second kappa shape index (κ2) is 20.0. The van der Waals surface area contributed by atoms with Crippen LogP contribution in [0.15, 0.2) is 47.1 Å². The quantitative estimate of drug-likeness (QED) is 0.196. The van der Waals surface area contributed by atoms with E-state index in [2.05, 4.69) is 19.9 Å². The van der Waals surface area contributed by atoms with Gasteiger partial charge in [-0.3, -0.25) is 4.79 Å². The average Bonchev–Trinajstić information content (AvgIpc) is 3.59. The summed E-state index contributed by atoms with van der Waals surface area (Å²) in [7, 11) is 3.20. The van der Waals surface area contributed by atoms with Crippen LogP contribution in [-0.4, -0.2) is 151 Å². The minimum absolute atomic E-state index is 0.0109. The molecule has 356 valence electrons. The molecular formula is C48H74O15. The second-order valence-electron chi connectivity index (χ2n) is 19.5. The highest BCUT2D eigenvalue weighted by molar-refractivity contribution is 5.78. The number of aliphatic hydroxyl groups is 4. The van der Waals surface area contributed by atoms with Gasteiger partial charge in [0, 0.05) is 58.2 Å². The van der Waals surface area contributed by atoms with Gasteiger partial charge >= 0.3 is 5.97 Å². The van der Waals surface area contributed by atoms with Gasteiger partial charge in [0.05, 0.1) is 55.4 Å². The lowest BCUT2D eigenvalue weighted by atomic mass is 9.71. The highest BCUT2D eigenvalue weighted by Crippen LogP contribution is 2.48. The van der Waals surface area contributed by atoms with Crippen LogP contribution in [0.3, 0.4) is 0 Å². The lowest BCUT2D eigenvalue weighted by molar-refractivity contribution is -0.354. The molecule has 4 N–H and O–H groups in total. The van der Waals surface area contributed by atoms with Crippen molar-refractivity contribution >= 4 is 5.97 Å². The number of rotatable bonds is 8. The molecule has 0 amide bonds. The van der Waals surface area contributed by atoms with Crippen LogP contribution in [0.5, 0.6) is 0 Å². The highest BCUT2D eigenvalue weighted by atomic mass is 16.7. The predicted octanol–water partition coefficient (Wildman–Crippen LogP) is 4.57. The maximum absolute atomic E-state index is 14.4. The summed E-state index contributed by atoms with van der Waals surface area (Å²) >= 11 is 0. The predicted molar refractivity (Wildman–Crippen MR) is 229 cm³/mol. The molecule has 0 aromatic carbocycles. The maximum atomic E-state index is 14.4. The van der Waals surface area contributed by atoms with E-state index >= 15 is 0 Å². The standard InChI is InChI=1S/C48H74O15/c1-11-24(2)43-28(6)35(49)22-47(63-43)21-33-18-32(62-47)16-15-26(4)42(25(3)13-12-14-31-23-56-45-40(50)27(5)17-34(46(52)59-33)48(31,45)53)60-39-20-37(55-10)44(30(8)58-39)61-38-19-36(54-9)41(51)29(7)57-38/h12-15,17,24-25,28-30,32-45,49-51,53H,11,16,18-23H2,1-10H3/t24?,25-,28-,29?,30?,32?,33?,34?,35?,36?,37?,38?,39?,40?,41-,42-,43?,44-,45?,47?,48+/m0/s1. The zero-order valence-corrected chi connectivity index (χ0v) is 38.8. The Labute approximate surface area is 373 Å². The van der Waals surface area contributed by atoms with Gasteiger partial charge in [0.2, 0.25) is 0 Å². The van der Waals surface area contributed by atoms with E-state index in [4.69, 9.17) is 47.4 Å². The van der Waals surface area contributed by atoms with Crippen LogP contribution in [0.25, 0.3) is 0 Å². The molecule has 15 heteroatoms. The smallest absolute Gasteiger partial charge is 0.316 e. The van der Waals surface area contributed by atoms with Crippen LogP contribution in [-0.2, 0) is 52.2 Å². The van der Waals surface area contributed by atoms with Crippen LogP contribution in [0.2, 0.25) is 0 Å². The molecule has 0 aromatic rings. The molecule has 1 spiro atoms. The van der Waals surface area contributed by atoms with Gasteiger partial charge in [0.25, 0.3) is 0 Å². The molecule has 5 saturated heterocycles. The first-order valence-corrected chi connectivity index (χ1v) is 23.3. The molecule has 0 saturated carbocycles. The second-order valence-corrected chi connectivity index (χ2v) is 19.5. The molecule has 15 nitrogen and oxygen atoms in total. The van der Waals surface area contributed by atoms with Crippen molar-refractivity contribution in [1.82, 2.24) is 0 Å². The van der Waals surface area contributed by atoms with Gasteiger partial charge in [0.1, 0.15) is 42.0 Å². The normalized spacial score (nSPS) is 47.8. The summed E-state index contributed by atoms with van der Waals surface area (Å²) in [5.41, 5.74) is 0.0234. The fraction of sp³-hybridized carbons (Fsp3) is 0.812. The van der Waals surface area contributed by atoms with Gasteiger partial charge in [-0.25, -0.2) is 0 Å². The lowest BCUT2D eigenvalue weighted by Gasteiger charge is -2.52. The molecule has 0 aromatic heterocycles. The van der Waals surface area contributed by atoms with Crippen molar-refractivity contribution in [3.8, 4) is 0 Å². The van der Waals surface area contributed by atoms with Crippen LogP contribution >= 0.6 is 0 Å². The number of carbonyl (C=O) groups excluding carboxylic acids is 1. The summed E-state index contributed by atoms with van der Waals surface area (Å²) in [5.74, 6) is -3.19. The van der Waals surface area contributed by atoms with E-state index in [0.29, 0.717) is 36.8 Å². The van der Waals surface area contributed by atoms with Crippen molar-refractivity contribution in [2.75, 3.05) is 20.8 Å². The minimum Gasteiger partial charge on any atom is -0.462 e. The van der Waals surface area contributed by atoms with Gasteiger partial charge in [-0.15, -0.1) is 0 Å². The number of aliphatic hydroxyl groups excluding tert-OH is 3. The first-order valence-electron chi connectivity index (χ1n) is 23.3. The van der Waals surface area contributed by atoms with Crippen molar-refractivity contribution < 1.29 is 72.6 Å². The van der Waals surface area contributed by atoms with Gasteiger partial charge < -0.3 is 67.8 Å². The maximum Gasteiger partial charge on any atom is 0.316 e. The molecule has 1 aliphatic carbocycles.